The van der Waals surface area contributed by atoms with Crippen LogP contribution >= 0.6 is 0 Å². The Hall–Kier alpha value is -4.73. The number of imidazole rings is 1. The van der Waals surface area contributed by atoms with Gasteiger partial charge in [-0.05, 0) is 66.3 Å². The molecule has 0 amide bonds. The molecular weight excluding hydrogens is 558 g/mol. The molecule has 1 saturated heterocycles. The van der Waals surface area contributed by atoms with Crippen LogP contribution in [0.25, 0.3) is 22.3 Å². The van der Waals surface area contributed by atoms with Crippen LogP contribution in [0, 0.1) is 0 Å². The number of pyridine rings is 1. The number of aryl methyl sites for hydroxylation is 1. The van der Waals surface area contributed by atoms with E-state index in [1.165, 1.54) is 0 Å². The summed E-state index contributed by atoms with van der Waals surface area (Å²) in [7, 11) is 0. The van der Waals surface area contributed by atoms with Crippen LogP contribution in [0.15, 0.2) is 72.8 Å². The van der Waals surface area contributed by atoms with Crippen molar-refractivity contribution in [1.82, 2.24) is 14.5 Å². The lowest BCUT2D eigenvalue weighted by molar-refractivity contribution is -0.0589. The van der Waals surface area contributed by atoms with Crippen LogP contribution in [0.1, 0.15) is 51.3 Å². The average molecular weight is 592 g/mol. The molecule has 44 heavy (non-hydrogen) atoms. The van der Waals surface area contributed by atoms with Crippen molar-refractivity contribution in [2.75, 3.05) is 13.2 Å². The third-order valence-electron chi connectivity index (χ3n) is 8.37. The second kappa shape index (κ2) is 12.1. The average Bonchev–Trinajstić information content (AvgIpc) is 3.36. The minimum Gasteiger partial charge on any atom is -0.493 e. The SMILES string of the molecule is O=C(O)c1ccc2nc(Cc3ccc4cc3OCCCc3cc(CO)ccc3COc3cccc-4n3)n(C[C@@H]3CCO3)c2c1. The number of aromatic nitrogens is 3. The van der Waals surface area contributed by atoms with E-state index in [0.717, 1.165) is 82.0 Å². The highest BCUT2D eigenvalue weighted by Crippen LogP contribution is 2.32. The first kappa shape index (κ1) is 28.1. The van der Waals surface area contributed by atoms with Crippen molar-refractivity contribution in [1.29, 1.82) is 0 Å². The summed E-state index contributed by atoms with van der Waals surface area (Å²) in [6.07, 6.45) is 3.09. The van der Waals surface area contributed by atoms with Gasteiger partial charge in [-0.3, -0.25) is 0 Å². The maximum atomic E-state index is 11.7. The highest BCUT2D eigenvalue weighted by Gasteiger charge is 2.23. The summed E-state index contributed by atoms with van der Waals surface area (Å²) in [6.45, 7) is 2.22. The number of ether oxygens (including phenoxy) is 3. The van der Waals surface area contributed by atoms with E-state index in [-0.39, 0.29) is 18.3 Å². The molecule has 1 atom stereocenters. The molecule has 7 rings (SSSR count). The Labute approximate surface area is 254 Å². The maximum Gasteiger partial charge on any atom is 0.335 e. The third kappa shape index (κ3) is 5.76. The first-order valence-electron chi connectivity index (χ1n) is 15.0. The number of carboxylic acids is 1. The molecule has 2 N–H and O–H groups in total. The number of nitrogens with zero attached hydrogens (tertiary/aromatic N) is 3. The summed E-state index contributed by atoms with van der Waals surface area (Å²) in [6, 6.07) is 22.9. The first-order valence-corrected chi connectivity index (χ1v) is 15.0. The summed E-state index contributed by atoms with van der Waals surface area (Å²) in [5.74, 6) is 1.15. The van der Waals surface area contributed by atoms with Crippen LogP contribution < -0.4 is 9.47 Å². The van der Waals surface area contributed by atoms with Gasteiger partial charge in [0.15, 0.2) is 0 Å². The Balaban J connectivity index is 1.25. The van der Waals surface area contributed by atoms with Crippen molar-refractivity contribution >= 4 is 17.0 Å². The fourth-order valence-corrected chi connectivity index (χ4v) is 5.84. The number of benzene rings is 3. The van der Waals surface area contributed by atoms with Crippen LogP contribution in [0.4, 0.5) is 0 Å². The number of rotatable bonds is 6. The van der Waals surface area contributed by atoms with E-state index in [1.54, 1.807) is 18.2 Å². The van der Waals surface area contributed by atoms with Crippen molar-refractivity contribution in [3.8, 4) is 22.9 Å². The summed E-state index contributed by atoms with van der Waals surface area (Å²) < 4.78 is 20.4. The van der Waals surface area contributed by atoms with E-state index >= 15 is 0 Å². The number of aliphatic hydroxyl groups is 1. The largest absolute Gasteiger partial charge is 0.493 e. The van der Waals surface area contributed by atoms with Gasteiger partial charge in [0.1, 0.15) is 18.2 Å². The molecule has 224 valence electrons. The smallest absolute Gasteiger partial charge is 0.335 e. The lowest BCUT2D eigenvalue weighted by Crippen LogP contribution is -2.31. The number of carbonyl (C=O) groups is 1. The number of carboxylic acid groups (broad SMARTS) is 1. The van der Waals surface area contributed by atoms with E-state index < -0.39 is 5.97 Å². The van der Waals surface area contributed by atoms with Gasteiger partial charge in [-0.25, -0.2) is 14.8 Å². The number of hydrogen-bond donors (Lipinski definition) is 2. The fourth-order valence-electron chi connectivity index (χ4n) is 5.84. The van der Waals surface area contributed by atoms with Crippen LogP contribution in [0.2, 0.25) is 0 Å². The van der Waals surface area contributed by atoms with E-state index in [0.29, 0.717) is 32.1 Å². The Kier molecular flexibility index (Phi) is 7.72. The second-order valence-corrected chi connectivity index (χ2v) is 11.3. The summed E-state index contributed by atoms with van der Waals surface area (Å²) in [4.78, 5) is 21.4. The Morgan fingerprint density at radius 1 is 0.955 bits per heavy atom. The lowest BCUT2D eigenvalue weighted by atomic mass is 10.0. The molecule has 5 aromatic rings. The standard InChI is InChI=1S/C35H33N3O6/c39-20-22-6-7-27-21-44-34-5-1-4-29(37-34)24-8-9-25(32(17-24)43-13-2-3-23(27)15-22)18-33-36-30-11-10-26(35(40)41)16-31(30)38(33)19-28-12-14-42-28/h1,4-11,15-17,28,39H,2-3,12-14,18-21H2,(H,40,41)/t28-/m0/s1. The van der Waals surface area contributed by atoms with Crippen LogP contribution in [-0.2, 0) is 37.3 Å². The quantitative estimate of drug-likeness (QED) is 0.263. The van der Waals surface area contributed by atoms with Gasteiger partial charge in [-0.1, -0.05) is 36.4 Å². The summed E-state index contributed by atoms with van der Waals surface area (Å²) >= 11 is 0. The fraction of sp³-hybridized carbons (Fsp3) is 0.286. The van der Waals surface area contributed by atoms with E-state index in [4.69, 9.17) is 24.2 Å². The molecule has 3 aromatic carbocycles. The topological polar surface area (TPSA) is 116 Å². The molecule has 2 aliphatic rings. The van der Waals surface area contributed by atoms with Crippen molar-refractivity contribution in [2.45, 2.75) is 51.5 Å². The minimum absolute atomic E-state index is 0.0142. The number of aromatic carboxylic acids is 1. The van der Waals surface area contributed by atoms with Crippen LogP contribution in [-0.4, -0.2) is 50.0 Å². The van der Waals surface area contributed by atoms with Gasteiger partial charge in [-0.15, -0.1) is 0 Å². The van der Waals surface area contributed by atoms with Gasteiger partial charge < -0.3 is 29.0 Å². The monoisotopic (exact) mass is 591 g/mol. The molecule has 0 saturated carbocycles. The predicted octanol–water partition coefficient (Wildman–Crippen LogP) is 5.57. The van der Waals surface area contributed by atoms with Gasteiger partial charge in [0.25, 0.3) is 0 Å². The molecule has 9 nitrogen and oxygen atoms in total. The zero-order chi connectivity index (χ0) is 30.0. The molecule has 0 radical (unpaired) electrons. The van der Waals surface area contributed by atoms with Gasteiger partial charge in [0.05, 0.1) is 48.2 Å². The molecule has 0 unspecified atom stereocenters. The van der Waals surface area contributed by atoms with E-state index in [1.807, 2.05) is 48.5 Å². The predicted molar refractivity (Wildman–Crippen MR) is 164 cm³/mol. The molecule has 9 heteroatoms. The van der Waals surface area contributed by atoms with Crippen molar-refractivity contribution in [2.24, 2.45) is 0 Å². The first-order chi connectivity index (χ1) is 21.5. The Morgan fingerprint density at radius 2 is 1.86 bits per heavy atom. The van der Waals surface area contributed by atoms with Crippen molar-refractivity contribution in [3.05, 3.63) is 106 Å². The minimum atomic E-state index is -0.967. The van der Waals surface area contributed by atoms with Crippen molar-refractivity contribution in [3.63, 3.8) is 0 Å². The van der Waals surface area contributed by atoms with E-state index in [9.17, 15) is 15.0 Å². The molecule has 4 bridgehead atoms. The molecular formula is C35H33N3O6. The highest BCUT2D eigenvalue weighted by molar-refractivity contribution is 5.92. The Morgan fingerprint density at radius 3 is 2.68 bits per heavy atom. The molecule has 2 aromatic heterocycles. The van der Waals surface area contributed by atoms with Gasteiger partial charge >= 0.3 is 5.97 Å². The third-order valence-corrected chi connectivity index (χ3v) is 8.37. The number of hydrogen-bond acceptors (Lipinski definition) is 7. The molecule has 4 heterocycles. The van der Waals surface area contributed by atoms with E-state index in [2.05, 4.69) is 10.6 Å². The number of aliphatic hydroxyl groups excluding tert-OH is 1. The maximum absolute atomic E-state index is 11.7. The lowest BCUT2D eigenvalue weighted by Gasteiger charge is -2.27. The Bertz CT molecular complexity index is 1840. The molecule has 2 aliphatic heterocycles. The zero-order valence-corrected chi connectivity index (χ0v) is 24.2. The molecule has 0 spiro atoms. The van der Waals surface area contributed by atoms with Crippen LogP contribution in [0.5, 0.6) is 11.6 Å². The van der Waals surface area contributed by atoms with Gasteiger partial charge in [-0.2, -0.15) is 0 Å². The summed E-state index contributed by atoms with van der Waals surface area (Å²) in [5, 5.41) is 19.3. The van der Waals surface area contributed by atoms with Crippen molar-refractivity contribution < 1.29 is 29.2 Å². The second-order valence-electron chi connectivity index (χ2n) is 11.3. The van der Waals surface area contributed by atoms with Gasteiger partial charge in [0, 0.05) is 30.2 Å². The number of fused-ring (bicyclic) bond motifs is 7. The molecule has 1 fully saturated rings. The highest BCUT2D eigenvalue weighted by atomic mass is 16.5. The van der Waals surface area contributed by atoms with Gasteiger partial charge in [0.2, 0.25) is 5.88 Å². The zero-order valence-electron chi connectivity index (χ0n) is 24.2. The summed E-state index contributed by atoms with van der Waals surface area (Å²) in [5.41, 5.74) is 7.48. The van der Waals surface area contributed by atoms with Crippen LogP contribution in [0.3, 0.4) is 0 Å². The molecule has 0 aliphatic carbocycles. The normalized spacial score (nSPS) is 16.2.